The van der Waals surface area contributed by atoms with E-state index in [1.807, 2.05) is 27.7 Å². The van der Waals surface area contributed by atoms with Gasteiger partial charge >= 0.3 is 0 Å². The average Bonchev–Trinajstić information content (AvgIpc) is 2.67. The number of hydrogen-bond donors (Lipinski definition) is 2. The van der Waals surface area contributed by atoms with E-state index in [-0.39, 0.29) is 23.5 Å². The number of aromatic nitrogens is 1. The third kappa shape index (κ3) is 5.64. The van der Waals surface area contributed by atoms with Crippen LogP contribution in [0.3, 0.4) is 0 Å². The lowest BCUT2D eigenvalue weighted by molar-refractivity contribution is -0.128. The minimum atomic E-state index is -0.223. The van der Waals surface area contributed by atoms with Crippen molar-refractivity contribution in [1.82, 2.24) is 16.0 Å². The standard InChI is InChI=1S/C13H21N3O3S/c1-8(2)5-12(17)14-15-13(18)7-20-6-11-9(3)16-19-10(11)4/h8H,5-7H2,1-4H3,(H,14,17)(H,15,18). The molecule has 0 unspecified atom stereocenters. The Hall–Kier alpha value is -1.50. The first-order chi connectivity index (χ1) is 9.40. The fourth-order valence-electron chi connectivity index (χ4n) is 1.55. The SMILES string of the molecule is Cc1noc(C)c1CSCC(=O)NNC(=O)CC(C)C. The van der Waals surface area contributed by atoms with Gasteiger partial charge in [0.2, 0.25) is 11.8 Å². The first-order valence-corrected chi connectivity index (χ1v) is 7.62. The molecular weight excluding hydrogens is 278 g/mol. The van der Waals surface area contributed by atoms with Gasteiger partial charge in [-0.2, -0.15) is 0 Å². The molecule has 0 bridgehead atoms. The maximum atomic E-state index is 11.5. The summed E-state index contributed by atoms with van der Waals surface area (Å²) in [6, 6.07) is 0. The Kier molecular flexibility index (Phi) is 6.57. The number of hydrogen-bond acceptors (Lipinski definition) is 5. The fourth-order valence-corrected chi connectivity index (χ4v) is 2.53. The summed E-state index contributed by atoms with van der Waals surface area (Å²) in [5, 5.41) is 3.86. The Morgan fingerprint density at radius 3 is 2.45 bits per heavy atom. The molecule has 0 aliphatic heterocycles. The van der Waals surface area contributed by atoms with E-state index in [1.54, 1.807) is 0 Å². The maximum Gasteiger partial charge on any atom is 0.248 e. The van der Waals surface area contributed by atoms with Crippen LogP contribution in [0.15, 0.2) is 4.52 Å². The van der Waals surface area contributed by atoms with Crippen LogP contribution in [-0.4, -0.2) is 22.7 Å². The fraction of sp³-hybridized carbons (Fsp3) is 0.615. The molecule has 0 atom stereocenters. The zero-order valence-corrected chi connectivity index (χ0v) is 13.1. The molecule has 0 fully saturated rings. The van der Waals surface area contributed by atoms with Crippen LogP contribution in [0.4, 0.5) is 0 Å². The van der Waals surface area contributed by atoms with Crippen LogP contribution in [0.1, 0.15) is 37.3 Å². The summed E-state index contributed by atoms with van der Waals surface area (Å²) in [4.78, 5) is 22.9. The zero-order chi connectivity index (χ0) is 15.1. The van der Waals surface area contributed by atoms with Crippen molar-refractivity contribution < 1.29 is 14.1 Å². The first kappa shape index (κ1) is 16.6. The molecule has 1 aromatic rings. The molecule has 6 nitrogen and oxygen atoms in total. The molecule has 112 valence electrons. The second kappa shape index (κ2) is 7.94. The third-order valence-corrected chi connectivity index (χ3v) is 3.55. The molecule has 2 amide bonds. The van der Waals surface area contributed by atoms with Gasteiger partial charge < -0.3 is 4.52 Å². The maximum absolute atomic E-state index is 11.5. The molecule has 0 aliphatic rings. The molecule has 20 heavy (non-hydrogen) atoms. The molecular formula is C13H21N3O3S. The minimum Gasteiger partial charge on any atom is -0.361 e. The van der Waals surface area contributed by atoms with E-state index in [1.165, 1.54) is 11.8 Å². The number of amides is 2. The van der Waals surface area contributed by atoms with Crippen LogP contribution in [0.25, 0.3) is 0 Å². The zero-order valence-electron chi connectivity index (χ0n) is 12.3. The number of nitrogens with one attached hydrogen (secondary N) is 2. The summed E-state index contributed by atoms with van der Waals surface area (Å²) in [7, 11) is 0. The van der Waals surface area contributed by atoms with E-state index in [0.29, 0.717) is 12.2 Å². The smallest absolute Gasteiger partial charge is 0.248 e. The van der Waals surface area contributed by atoms with Crippen molar-refractivity contribution in [2.45, 2.75) is 39.9 Å². The van der Waals surface area contributed by atoms with Crippen molar-refractivity contribution in [3.63, 3.8) is 0 Å². The van der Waals surface area contributed by atoms with Crippen molar-refractivity contribution >= 4 is 23.6 Å². The quantitative estimate of drug-likeness (QED) is 0.781. The van der Waals surface area contributed by atoms with Gasteiger partial charge in [-0.25, -0.2) is 0 Å². The highest BCUT2D eigenvalue weighted by molar-refractivity contribution is 7.99. The summed E-state index contributed by atoms with van der Waals surface area (Å²) in [5.41, 5.74) is 6.66. The number of nitrogens with zero attached hydrogens (tertiary/aromatic N) is 1. The molecule has 0 radical (unpaired) electrons. The summed E-state index contributed by atoms with van der Waals surface area (Å²) in [6.45, 7) is 7.61. The molecule has 1 rings (SSSR count). The Morgan fingerprint density at radius 2 is 1.90 bits per heavy atom. The molecule has 0 saturated heterocycles. The van der Waals surface area contributed by atoms with Crippen molar-refractivity contribution in [3.05, 3.63) is 17.0 Å². The second-order valence-electron chi connectivity index (χ2n) is 4.99. The first-order valence-electron chi connectivity index (χ1n) is 6.47. The number of aryl methyl sites for hydroxylation is 2. The van der Waals surface area contributed by atoms with E-state index in [4.69, 9.17) is 4.52 Å². The van der Waals surface area contributed by atoms with Crippen LogP contribution in [-0.2, 0) is 15.3 Å². The highest BCUT2D eigenvalue weighted by atomic mass is 32.2. The highest BCUT2D eigenvalue weighted by Crippen LogP contribution is 2.18. The van der Waals surface area contributed by atoms with Crippen molar-refractivity contribution in [3.8, 4) is 0 Å². The molecule has 2 N–H and O–H groups in total. The van der Waals surface area contributed by atoms with E-state index in [9.17, 15) is 9.59 Å². The van der Waals surface area contributed by atoms with Gasteiger partial charge in [-0.15, -0.1) is 11.8 Å². The van der Waals surface area contributed by atoms with Crippen LogP contribution in [0, 0.1) is 19.8 Å². The molecule has 0 saturated carbocycles. The monoisotopic (exact) mass is 299 g/mol. The molecule has 7 heteroatoms. The second-order valence-corrected chi connectivity index (χ2v) is 5.98. The van der Waals surface area contributed by atoms with Crippen molar-refractivity contribution in [2.24, 2.45) is 5.92 Å². The molecule has 1 aromatic heterocycles. The van der Waals surface area contributed by atoms with E-state index >= 15 is 0 Å². The van der Waals surface area contributed by atoms with Gasteiger partial charge in [-0.05, 0) is 19.8 Å². The largest absolute Gasteiger partial charge is 0.361 e. The predicted octanol–water partition coefficient (Wildman–Crippen LogP) is 1.72. The number of carbonyl (C=O) groups excluding carboxylic acids is 2. The van der Waals surface area contributed by atoms with Gasteiger partial charge in [-0.1, -0.05) is 19.0 Å². The summed E-state index contributed by atoms with van der Waals surface area (Å²) < 4.78 is 5.05. The Balaban J connectivity index is 2.22. The summed E-state index contributed by atoms with van der Waals surface area (Å²) in [6.07, 6.45) is 0.395. The van der Waals surface area contributed by atoms with Gasteiger partial charge in [0, 0.05) is 17.7 Å². The van der Waals surface area contributed by atoms with Crippen molar-refractivity contribution in [2.75, 3.05) is 5.75 Å². The van der Waals surface area contributed by atoms with E-state index in [0.717, 1.165) is 17.0 Å². The number of carbonyl (C=O) groups is 2. The lowest BCUT2D eigenvalue weighted by atomic mass is 10.1. The highest BCUT2D eigenvalue weighted by Gasteiger charge is 2.10. The average molecular weight is 299 g/mol. The molecule has 0 spiro atoms. The van der Waals surface area contributed by atoms with Crippen LogP contribution in [0.2, 0.25) is 0 Å². The van der Waals surface area contributed by atoms with Crippen LogP contribution in [0.5, 0.6) is 0 Å². The van der Waals surface area contributed by atoms with Gasteiger partial charge in [0.1, 0.15) is 5.76 Å². The molecule has 0 aliphatic carbocycles. The predicted molar refractivity (Wildman–Crippen MR) is 77.9 cm³/mol. The van der Waals surface area contributed by atoms with Gasteiger partial charge in [0.15, 0.2) is 0 Å². The number of rotatable bonds is 6. The van der Waals surface area contributed by atoms with Crippen molar-refractivity contribution in [1.29, 1.82) is 0 Å². The van der Waals surface area contributed by atoms with Gasteiger partial charge in [0.25, 0.3) is 0 Å². The van der Waals surface area contributed by atoms with Gasteiger partial charge in [-0.3, -0.25) is 20.4 Å². The Labute approximate surface area is 123 Å². The minimum absolute atomic E-state index is 0.177. The van der Waals surface area contributed by atoms with E-state index in [2.05, 4.69) is 16.0 Å². The lowest BCUT2D eigenvalue weighted by Crippen LogP contribution is -2.42. The Morgan fingerprint density at radius 1 is 1.25 bits per heavy atom. The molecule has 1 heterocycles. The van der Waals surface area contributed by atoms with Crippen LogP contribution < -0.4 is 10.9 Å². The summed E-state index contributed by atoms with van der Waals surface area (Å²) >= 11 is 1.45. The van der Waals surface area contributed by atoms with Crippen LogP contribution >= 0.6 is 11.8 Å². The number of thioether (sulfide) groups is 1. The lowest BCUT2D eigenvalue weighted by Gasteiger charge is -2.08. The number of hydrazine groups is 1. The van der Waals surface area contributed by atoms with E-state index < -0.39 is 0 Å². The molecule has 0 aromatic carbocycles. The topological polar surface area (TPSA) is 84.2 Å². The third-order valence-electron chi connectivity index (χ3n) is 2.60. The summed E-state index contributed by atoms with van der Waals surface area (Å²) in [5.74, 6) is 1.57. The normalized spacial score (nSPS) is 10.7. The Bertz CT molecular complexity index is 452. The van der Waals surface area contributed by atoms with Gasteiger partial charge in [0.05, 0.1) is 11.4 Å².